The van der Waals surface area contributed by atoms with Gasteiger partial charge in [0.25, 0.3) is 5.91 Å². The number of nitrogens with two attached hydrogens (primary N) is 1. The van der Waals surface area contributed by atoms with E-state index >= 15 is 0 Å². The minimum Gasteiger partial charge on any atom is -0.366 e. The first kappa shape index (κ1) is 16.4. The van der Waals surface area contributed by atoms with Crippen LogP contribution >= 0.6 is 11.6 Å². The van der Waals surface area contributed by atoms with E-state index in [0.29, 0.717) is 18.7 Å². The summed E-state index contributed by atoms with van der Waals surface area (Å²) >= 11 is 6.27. The highest BCUT2D eigenvalue weighted by Gasteiger charge is 2.26. The molecule has 130 valence electrons. The van der Waals surface area contributed by atoms with E-state index in [1.807, 2.05) is 42.6 Å². The largest absolute Gasteiger partial charge is 0.366 e. The molecule has 0 radical (unpaired) electrons. The summed E-state index contributed by atoms with van der Waals surface area (Å²) in [6, 6.07) is 16.3. The fraction of sp³-hybridized carbons (Fsp3) is 0.100. The molecule has 1 aromatic heterocycles. The van der Waals surface area contributed by atoms with Crippen molar-refractivity contribution in [1.82, 2.24) is 4.57 Å². The molecule has 6 heteroatoms. The number of rotatable bonds is 2. The van der Waals surface area contributed by atoms with E-state index in [-0.39, 0.29) is 16.5 Å². The highest BCUT2D eigenvalue weighted by Crippen LogP contribution is 2.30. The Morgan fingerprint density at radius 2 is 1.81 bits per heavy atom. The number of halogens is 1. The fourth-order valence-corrected chi connectivity index (χ4v) is 3.52. The predicted octanol–water partition coefficient (Wildman–Crippen LogP) is 3.45. The first-order valence-electron chi connectivity index (χ1n) is 8.18. The number of primary amides is 1. The first-order chi connectivity index (χ1) is 12.5. The lowest BCUT2D eigenvalue weighted by atomic mass is 10.1. The molecule has 4 rings (SSSR count). The van der Waals surface area contributed by atoms with Crippen molar-refractivity contribution in [3.05, 3.63) is 88.2 Å². The van der Waals surface area contributed by atoms with Crippen LogP contribution in [0.1, 0.15) is 32.0 Å². The average molecular weight is 366 g/mol. The molecule has 0 atom stereocenters. The Balaban J connectivity index is 1.79. The minimum absolute atomic E-state index is 0.211. The molecule has 5 nitrogen and oxygen atoms in total. The summed E-state index contributed by atoms with van der Waals surface area (Å²) in [4.78, 5) is 26.3. The number of anilines is 1. The topological polar surface area (TPSA) is 68.3 Å². The quantitative estimate of drug-likeness (QED) is 0.755. The third-order valence-electron chi connectivity index (χ3n) is 4.60. The summed E-state index contributed by atoms with van der Waals surface area (Å²) in [6.07, 6.45) is 2.01. The van der Waals surface area contributed by atoms with Crippen molar-refractivity contribution in [2.24, 2.45) is 5.73 Å². The number of fused-ring (bicyclic) bond motifs is 2. The molecule has 26 heavy (non-hydrogen) atoms. The van der Waals surface area contributed by atoms with Gasteiger partial charge in [-0.05, 0) is 42.0 Å². The van der Waals surface area contributed by atoms with Gasteiger partial charge in [0.15, 0.2) is 0 Å². The highest BCUT2D eigenvalue weighted by molar-refractivity contribution is 6.35. The van der Waals surface area contributed by atoms with E-state index in [1.54, 1.807) is 11.0 Å². The second-order valence-corrected chi connectivity index (χ2v) is 6.61. The number of hydrogen-bond acceptors (Lipinski definition) is 2. The number of carbonyl (C=O) groups is 2. The molecule has 3 aromatic rings. The van der Waals surface area contributed by atoms with Crippen molar-refractivity contribution < 1.29 is 9.59 Å². The summed E-state index contributed by atoms with van der Waals surface area (Å²) in [5.74, 6) is -0.794. The second kappa shape index (κ2) is 6.35. The molecule has 0 saturated heterocycles. The van der Waals surface area contributed by atoms with Gasteiger partial charge in [0.1, 0.15) is 0 Å². The maximum Gasteiger partial charge on any atom is 0.260 e. The Morgan fingerprint density at radius 3 is 2.58 bits per heavy atom. The molecule has 2 N–H and O–H groups in total. The van der Waals surface area contributed by atoms with Crippen molar-refractivity contribution in [2.75, 3.05) is 4.90 Å². The summed E-state index contributed by atoms with van der Waals surface area (Å²) in [7, 11) is 0. The van der Waals surface area contributed by atoms with E-state index in [9.17, 15) is 9.59 Å². The highest BCUT2D eigenvalue weighted by atomic mass is 35.5. The smallest absolute Gasteiger partial charge is 0.260 e. The van der Waals surface area contributed by atoms with Gasteiger partial charge in [0, 0.05) is 29.7 Å². The maximum absolute atomic E-state index is 13.3. The Hall–Kier alpha value is -3.05. The van der Waals surface area contributed by atoms with Crippen molar-refractivity contribution >= 4 is 29.1 Å². The Morgan fingerprint density at radius 1 is 1.00 bits per heavy atom. The Labute approximate surface area is 155 Å². The number of aromatic nitrogens is 1. The second-order valence-electron chi connectivity index (χ2n) is 6.21. The summed E-state index contributed by atoms with van der Waals surface area (Å²) in [5, 5.41) is 0.211. The van der Waals surface area contributed by atoms with Gasteiger partial charge in [0.05, 0.1) is 17.1 Å². The van der Waals surface area contributed by atoms with Crippen molar-refractivity contribution in [3.8, 4) is 0 Å². The van der Waals surface area contributed by atoms with Crippen LogP contribution in [-0.4, -0.2) is 16.4 Å². The lowest BCUT2D eigenvalue weighted by Gasteiger charge is -2.23. The molecular weight excluding hydrogens is 350 g/mol. The van der Waals surface area contributed by atoms with E-state index < -0.39 is 5.91 Å². The summed E-state index contributed by atoms with van der Waals surface area (Å²) in [5.41, 5.74) is 8.85. The van der Waals surface area contributed by atoms with Crippen LogP contribution in [0.25, 0.3) is 0 Å². The number of hydrogen-bond donors (Lipinski definition) is 1. The number of nitrogens with zero attached hydrogens (tertiary/aromatic N) is 2. The SMILES string of the molecule is NC(=O)c1ccc(C(=O)N2Cc3cccn3Cc3ccccc32)c(Cl)c1. The summed E-state index contributed by atoms with van der Waals surface area (Å²) < 4.78 is 2.13. The normalized spacial score (nSPS) is 12.9. The number of carbonyl (C=O) groups excluding carboxylic acids is 2. The van der Waals surface area contributed by atoms with Gasteiger partial charge in [-0.15, -0.1) is 0 Å². The fourth-order valence-electron chi connectivity index (χ4n) is 3.25. The van der Waals surface area contributed by atoms with Crippen LogP contribution in [0.3, 0.4) is 0 Å². The molecule has 0 bridgehead atoms. The molecular formula is C20H16ClN3O2. The van der Waals surface area contributed by atoms with Gasteiger partial charge in [0.2, 0.25) is 5.91 Å². The van der Waals surface area contributed by atoms with Crippen LogP contribution in [0.2, 0.25) is 5.02 Å². The average Bonchev–Trinajstić information content (AvgIpc) is 3.00. The molecule has 0 spiro atoms. The van der Waals surface area contributed by atoms with Crippen LogP contribution in [0.15, 0.2) is 60.8 Å². The Bertz CT molecular complexity index is 1030. The maximum atomic E-state index is 13.3. The van der Waals surface area contributed by atoms with Gasteiger partial charge in [-0.2, -0.15) is 0 Å². The molecule has 2 aromatic carbocycles. The van der Waals surface area contributed by atoms with Crippen LogP contribution in [0, 0.1) is 0 Å². The van der Waals surface area contributed by atoms with Gasteiger partial charge in [-0.25, -0.2) is 0 Å². The van der Waals surface area contributed by atoms with Gasteiger partial charge >= 0.3 is 0 Å². The number of amides is 2. The van der Waals surface area contributed by atoms with E-state index in [2.05, 4.69) is 4.57 Å². The van der Waals surface area contributed by atoms with Crippen LogP contribution in [0.5, 0.6) is 0 Å². The Kier molecular flexibility index (Phi) is 4.01. The predicted molar refractivity (Wildman–Crippen MR) is 100 cm³/mol. The molecule has 0 fully saturated rings. The first-order valence-corrected chi connectivity index (χ1v) is 8.55. The molecule has 2 heterocycles. The van der Waals surface area contributed by atoms with Gasteiger partial charge < -0.3 is 15.2 Å². The number of benzene rings is 2. The number of para-hydroxylation sites is 1. The van der Waals surface area contributed by atoms with Gasteiger partial charge in [-0.3, -0.25) is 9.59 Å². The zero-order valence-electron chi connectivity index (χ0n) is 13.9. The van der Waals surface area contributed by atoms with Crippen molar-refractivity contribution in [1.29, 1.82) is 0 Å². The molecule has 0 saturated carbocycles. The van der Waals surface area contributed by atoms with E-state index in [0.717, 1.165) is 16.9 Å². The summed E-state index contributed by atoms with van der Waals surface area (Å²) in [6.45, 7) is 1.15. The van der Waals surface area contributed by atoms with Crippen LogP contribution in [0.4, 0.5) is 5.69 Å². The third kappa shape index (κ3) is 2.76. The lowest BCUT2D eigenvalue weighted by Crippen LogP contribution is -2.31. The standard InChI is InChI=1S/C20H16ClN3O2/c21-17-10-13(19(22)25)7-8-16(17)20(26)24-12-15-5-3-9-23(15)11-14-4-1-2-6-18(14)24/h1-10H,11-12H2,(H2,22,25). The van der Waals surface area contributed by atoms with E-state index in [1.165, 1.54) is 12.1 Å². The molecule has 2 amide bonds. The monoisotopic (exact) mass is 365 g/mol. The van der Waals surface area contributed by atoms with Crippen molar-refractivity contribution in [2.45, 2.75) is 13.1 Å². The zero-order chi connectivity index (χ0) is 18.3. The molecule has 1 aliphatic rings. The van der Waals surface area contributed by atoms with Crippen molar-refractivity contribution in [3.63, 3.8) is 0 Å². The molecule has 0 unspecified atom stereocenters. The molecule has 1 aliphatic heterocycles. The van der Waals surface area contributed by atoms with Crippen LogP contribution < -0.4 is 10.6 Å². The lowest BCUT2D eigenvalue weighted by molar-refractivity contribution is 0.0979. The van der Waals surface area contributed by atoms with Gasteiger partial charge in [-0.1, -0.05) is 29.8 Å². The van der Waals surface area contributed by atoms with E-state index in [4.69, 9.17) is 17.3 Å². The van der Waals surface area contributed by atoms with Crippen LogP contribution in [-0.2, 0) is 13.1 Å². The minimum atomic E-state index is -0.580. The zero-order valence-corrected chi connectivity index (χ0v) is 14.6. The molecule has 0 aliphatic carbocycles. The third-order valence-corrected chi connectivity index (χ3v) is 4.91.